The lowest BCUT2D eigenvalue weighted by Gasteiger charge is -2.30. The van der Waals surface area contributed by atoms with Crippen molar-refractivity contribution in [3.63, 3.8) is 0 Å². The second-order valence-corrected chi connectivity index (χ2v) is 24.4. The SMILES string of the molecule is CC[C@H](C)[C@H](NC(=O)[C@H](CC(C)C)NC(=O)[C@H](CC(C)C)NC(=O)[C@@H](N)CCCN=C(N)N)C(=O)N[C@@H](CCCN=C(N)N)C(=O)N[C@@H](CC(C)C)C(=O)N[C@@H](CC(C)C)C(=O)N[C@@H](CC(C)C)C(=O)NCC(=O)N[C@@H](Cc1ccc(O)cc1)C(=O)O. The van der Waals surface area contributed by atoms with Gasteiger partial charge in [0.05, 0.1) is 12.6 Å². The predicted octanol–water partition coefficient (Wildman–Crippen LogP) is -0.275. The number of hydrogen-bond donors (Lipinski definition) is 16. The molecule has 0 aliphatic carbocycles. The molecule has 0 saturated heterocycles. The van der Waals surface area contributed by atoms with Gasteiger partial charge in [0.1, 0.15) is 54.1 Å². The lowest BCUT2D eigenvalue weighted by Crippen LogP contribution is -2.61. The number of carboxylic acid groups (broad SMARTS) is 1. The van der Waals surface area contributed by atoms with Crippen molar-refractivity contribution in [3.8, 4) is 5.75 Å². The Bertz CT molecular complexity index is 2450. The molecule has 0 unspecified atom stereocenters. The van der Waals surface area contributed by atoms with Gasteiger partial charge in [0.2, 0.25) is 53.2 Å². The number of carbonyl (C=O) groups excluding carboxylic acids is 9. The molecular formula is C59H104N16O12. The van der Waals surface area contributed by atoms with Gasteiger partial charge < -0.3 is 86.7 Å². The van der Waals surface area contributed by atoms with Crippen LogP contribution in [-0.2, 0) is 54.4 Å². The van der Waals surface area contributed by atoms with Crippen molar-refractivity contribution in [2.24, 2.45) is 74.2 Å². The highest BCUT2D eigenvalue weighted by Gasteiger charge is 2.37. The second-order valence-electron chi connectivity index (χ2n) is 24.4. The second kappa shape index (κ2) is 39.8. The van der Waals surface area contributed by atoms with Crippen molar-refractivity contribution >= 4 is 71.1 Å². The van der Waals surface area contributed by atoms with Gasteiger partial charge in [-0.2, -0.15) is 0 Å². The number of phenols is 1. The fourth-order valence-corrected chi connectivity index (χ4v) is 9.13. The van der Waals surface area contributed by atoms with Gasteiger partial charge in [0.25, 0.3) is 0 Å². The fraction of sp³-hybridized carbons (Fsp3) is 0.695. The maximum absolute atomic E-state index is 14.5. The van der Waals surface area contributed by atoms with Crippen LogP contribution in [-0.4, -0.2) is 155 Å². The van der Waals surface area contributed by atoms with Crippen LogP contribution in [0.5, 0.6) is 5.75 Å². The molecule has 0 radical (unpaired) electrons. The van der Waals surface area contributed by atoms with Gasteiger partial charge in [-0.05, 0) is 111 Å². The summed E-state index contributed by atoms with van der Waals surface area (Å²) in [6.07, 6.45) is 1.68. The van der Waals surface area contributed by atoms with E-state index in [0.717, 1.165) is 0 Å². The average Bonchev–Trinajstić information content (AvgIpc) is 3.62. The Morgan fingerprint density at radius 1 is 0.460 bits per heavy atom. The van der Waals surface area contributed by atoms with Crippen LogP contribution in [0, 0.1) is 35.5 Å². The minimum absolute atomic E-state index is 0.0209. The minimum atomic E-state index is -1.36. The molecule has 9 amide bonds. The highest BCUT2D eigenvalue weighted by atomic mass is 16.4. The lowest BCUT2D eigenvalue weighted by molar-refractivity contribution is -0.141. The summed E-state index contributed by atoms with van der Waals surface area (Å²) in [6.45, 7) is 21.5. The molecule has 0 aromatic heterocycles. The first kappa shape index (κ1) is 77.2. The van der Waals surface area contributed by atoms with Crippen molar-refractivity contribution in [1.29, 1.82) is 0 Å². The van der Waals surface area contributed by atoms with Crippen LogP contribution >= 0.6 is 0 Å². The van der Waals surface area contributed by atoms with Crippen LogP contribution in [0.3, 0.4) is 0 Å². The summed E-state index contributed by atoms with van der Waals surface area (Å²) in [6, 6.07) is -5.09. The highest BCUT2D eigenvalue weighted by Crippen LogP contribution is 2.17. The zero-order valence-electron chi connectivity index (χ0n) is 53.1. The van der Waals surface area contributed by atoms with E-state index < -0.39 is 126 Å². The van der Waals surface area contributed by atoms with E-state index in [9.17, 15) is 58.2 Å². The highest BCUT2D eigenvalue weighted by molar-refractivity contribution is 5.98. The summed E-state index contributed by atoms with van der Waals surface area (Å²) >= 11 is 0. The molecule has 0 bridgehead atoms. The molecule has 0 aliphatic heterocycles. The summed E-state index contributed by atoms with van der Waals surface area (Å²) in [4.78, 5) is 146. The zero-order valence-corrected chi connectivity index (χ0v) is 53.1. The first-order valence-corrected chi connectivity index (χ1v) is 30.2. The van der Waals surface area contributed by atoms with Crippen LogP contribution in [0.4, 0.5) is 0 Å². The van der Waals surface area contributed by atoms with Crippen LogP contribution in [0.15, 0.2) is 34.3 Å². The van der Waals surface area contributed by atoms with Gasteiger partial charge in [-0.1, -0.05) is 102 Å². The molecule has 0 aliphatic rings. The zero-order chi connectivity index (χ0) is 66.2. The third-order valence-corrected chi connectivity index (χ3v) is 13.8. The molecule has 1 rings (SSSR count). The summed E-state index contributed by atoms with van der Waals surface area (Å²) in [5.41, 5.74) is 28.7. The van der Waals surface area contributed by atoms with Gasteiger partial charge in [-0.3, -0.25) is 53.1 Å². The number of phenolic OH excluding ortho intramolecular Hbond substituents is 1. The first-order valence-electron chi connectivity index (χ1n) is 30.2. The number of aromatic hydroxyl groups is 1. The van der Waals surface area contributed by atoms with E-state index in [4.69, 9.17) is 28.7 Å². The number of carbonyl (C=O) groups is 10. The first-order chi connectivity index (χ1) is 40.6. The maximum Gasteiger partial charge on any atom is 0.326 e. The Kier molecular flexibility index (Phi) is 35.4. The van der Waals surface area contributed by atoms with E-state index in [2.05, 4.69) is 57.8 Å². The number of hydrogen-bond acceptors (Lipinski definition) is 14. The molecule has 1 aromatic carbocycles. The van der Waals surface area contributed by atoms with Gasteiger partial charge in [0.15, 0.2) is 11.9 Å². The third-order valence-electron chi connectivity index (χ3n) is 13.8. The molecule has 87 heavy (non-hydrogen) atoms. The number of nitrogens with two attached hydrogens (primary N) is 5. The molecule has 28 nitrogen and oxygen atoms in total. The van der Waals surface area contributed by atoms with Gasteiger partial charge in [-0.25, -0.2) is 4.79 Å². The van der Waals surface area contributed by atoms with Gasteiger partial charge >= 0.3 is 5.97 Å². The van der Waals surface area contributed by atoms with Crippen LogP contribution < -0.4 is 76.5 Å². The molecule has 1 aromatic rings. The van der Waals surface area contributed by atoms with E-state index in [0.29, 0.717) is 18.4 Å². The number of guanidine groups is 2. The monoisotopic (exact) mass is 1230 g/mol. The summed E-state index contributed by atoms with van der Waals surface area (Å²) in [7, 11) is 0. The molecule has 0 heterocycles. The van der Waals surface area contributed by atoms with Crippen molar-refractivity contribution in [3.05, 3.63) is 29.8 Å². The quantitative estimate of drug-likeness (QED) is 0.0228. The summed E-state index contributed by atoms with van der Waals surface area (Å²) < 4.78 is 0. The topological polar surface area (TPSA) is 474 Å². The fourth-order valence-electron chi connectivity index (χ4n) is 9.13. The summed E-state index contributed by atoms with van der Waals surface area (Å²) in [5.74, 6) is -9.38. The molecular weight excluding hydrogens is 1120 g/mol. The number of benzene rings is 1. The van der Waals surface area contributed by atoms with E-state index in [-0.39, 0.29) is 118 Å². The Hall–Kier alpha value is -7.78. The molecule has 10 atom stereocenters. The number of rotatable bonds is 41. The Balaban J connectivity index is 3.49. The molecule has 0 spiro atoms. The molecule has 21 N–H and O–H groups in total. The standard InChI is InChI=1S/C59H104N16O12/c1-13-36(12)48(75-55(84)45(28-35(10)11)74-52(81)42(25-32(4)5)70-49(78)39(60)16-14-22-65-58(61)62)56(85)69-40(17-15-23-66-59(63)64)51(80)72-43(26-33(6)7)54(83)73-44(27-34(8)9)53(82)71-41(24-31(2)3)50(79)67-30-47(77)68-46(57(86)87)29-37-18-20-38(76)21-19-37/h18-21,31-36,39-46,48,76H,13-17,22-30,60H2,1-12H3,(H,67,79)(H,68,77)(H,69,85)(H,70,78)(H,71,82)(H,72,80)(H,73,83)(H,74,81)(H,75,84)(H,86,87)(H4,61,62,65)(H4,63,64,66)/t36-,39-,40-,41-,42-,43-,44-,45-,46-,48-/m0/s1. The number of nitrogens with zero attached hydrogens (tertiary/aromatic N) is 2. The predicted molar refractivity (Wildman–Crippen MR) is 332 cm³/mol. The number of aliphatic imine (C=N–C) groups is 2. The maximum atomic E-state index is 14.5. The lowest BCUT2D eigenvalue weighted by atomic mass is 9.95. The van der Waals surface area contributed by atoms with Crippen molar-refractivity contribution in [2.75, 3.05) is 19.6 Å². The van der Waals surface area contributed by atoms with E-state index in [1.54, 1.807) is 13.8 Å². The van der Waals surface area contributed by atoms with Gasteiger partial charge in [0, 0.05) is 19.5 Å². The number of amides is 9. The van der Waals surface area contributed by atoms with Crippen LogP contribution in [0.25, 0.3) is 0 Å². The number of carboxylic acids is 1. The van der Waals surface area contributed by atoms with E-state index in [1.165, 1.54) is 24.3 Å². The molecule has 492 valence electrons. The largest absolute Gasteiger partial charge is 0.508 e. The molecule has 0 saturated carbocycles. The van der Waals surface area contributed by atoms with Crippen molar-refractivity contribution in [1.82, 2.24) is 47.9 Å². The van der Waals surface area contributed by atoms with Gasteiger partial charge in [-0.15, -0.1) is 0 Å². The summed E-state index contributed by atoms with van der Waals surface area (Å²) in [5, 5.41) is 43.6. The number of nitrogens with one attached hydrogen (secondary N) is 9. The Morgan fingerprint density at radius 3 is 1.20 bits per heavy atom. The molecule has 28 heteroatoms. The molecule has 0 fully saturated rings. The van der Waals surface area contributed by atoms with E-state index >= 15 is 0 Å². The Labute approximate surface area is 512 Å². The van der Waals surface area contributed by atoms with Crippen molar-refractivity contribution < 1.29 is 58.2 Å². The normalized spacial score (nSPS) is 14.8. The van der Waals surface area contributed by atoms with Crippen LogP contribution in [0.2, 0.25) is 0 Å². The Morgan fingerprint density at radius 2 is 0.816 bits per heavy atom. The number of aliphatic carboxylic acids is 1. The van der Waals surface area contributed by atoms with Crippen molar-refractivity contribution in [2.45, 2.75) is 208 Å². The average molecular weight is 1230 g/mol. The van der Waals surface area contributed by atoms with Crippen LogP contribution in [0.1, 0.15) is 153 Å². The smallest absolute Gasteiger partial charge is 0.326 e. The third kappa shape index (κ3) is 32.0. The minimum Gasteiger partial charge on any atom is -0.508 e. The van der Waals surface area contributed by atoms with E-state index in [1.807, 2.05) is 69.2 Å².